The fourth-order valence-electron chi connectivity index (χ4n) is 4.18. The zero-order chi connectivity index (χ0) is 24.5. The molecule has 180 valence electrons. The quantitative estimate of drug-likeness (QED) is 0.537. The number of hydrogen-bond donors (Lipinski definition) is 2. The summed E-state index contributed by atoms with van der Waals surface area (Å²) in [6, 6.07) is 1.78. The molecule has 0 aromatic carbocycles. The van der Waals surface area contributed by atoms with E-state index in [0.29, 0.717) is 54.2 Å². The van der Waals surface area contributed by atoms with E-state index in [1.807, 2.05) is 10.9 Å². The lowest BCUT2D eigenvalue weighted by molar-refractivity contribution is -0.117. The van der Waals surface area contributed by atoms with Gasteiger partial charge in [0.25, 0.3) is 0 Å². The number of nitrogens with one attached hydrogen (secondary N) is 2. The van der Waals surface area contributed by atoms with Crippen molar-refractivity contribution in [2.75, 3.05) is 37.9 Å². The predicted octanol–water partition coefficient (Wildman–Crippen LogP) is 1.96. The highest BCUT2D eigenvalue weighted by Gasteiger charge is 2.39. The Morgan fingerprint density at radius 1 is 1.23 bits per heavy atom. The first-order chi connectivity index (χ1) is 16.9. The van der Waals surface area contributed by atoms with Crippen LogP contribution in [0.5, 0.6) is 0 Å². The summed E-state index contributed by atoms with van der Waals surface area (Å²) in [4.78, 5) is 29.9. The molecule has 3 aromatic heterocycles. The predicted molar refractivity (Wildman–Crippen MR) is 128 cm³/mol. The van der Waals surface area contributed by atoms with E-state index in [4.69, 9.17) is 4.74 Å². The Morgan fingerprint density at radius 2 is 2.03 bits per heavy atom. The van der Waals surface area contributed by atoms with Crippen molar-refractivity contribution >= 4 is 34.5 Å². The zero-order valence-corrected chi connectivity index (χ0v) is 19.8. The molecular weight excluding hydrogens is 448 g/mol. The van der Waals surface area contributed by atoms with E-state index in [1.165, 1.54) is 7.11 Å². The molecule has 0 spiro atoms. The molecular formula is C24H26N8O3. The Kier molecular flexibility index (Phi) is 5.94. The van der Waals surface area contributed by atoms with Crippen LogP contribution in [0.25, 0.3) is 10.9 Å². The lowest BCUT2D eigenvalue weighted by Gasteiger charge is -2.37. The van der Waals surface area contributed by atoms with Crippen molar-refractivity contribution in [2.24, 2.45) is 17.8 Å². The molecule has 0 radical (unpaired) electrons. The molecule has 1 saturated heterocycles. The molecule has 11 nitrogen and oxygen atoms in total. The summed E-state index contributed by atoms with van der Waals surface area (Å²) in [5, 5.41) is 19.5. The molecule has 2 atom stereocenters. The SMILES string of the molecule is CNc1ncc(C#Cc2cnn(CC3CN(C(=O)OC)C3)c2)c2cc(NC(=O)[C@H]3C[C@H]3C)nnc12. The molecule has 5 rings (SSSR count). The summed E-state index contributed by atoms with van der Waals surface area (Å²) in [6.07, 6.45) is 5.87. The number of pyridine rings is 1. The van der Waals surface area contributed by atoms with Gasteiger partial charge in [-0.1, -0.05) is 18.8 Å². The molecule has 4 heterocycles. The van der Waals surface area contributed by atoms with Crippen LogP contribution in [0.3, 0.4) is 0 Å². The third-order valence-electron chi connectivity index (χ3n) is 6.38. The second-order valence-corrected chi connectivity index (χ2v) is 9.01. The number of aromatic nitrogens is 5. The van der Waals surface area contributed by atoms with Crippen molar-refractivity contribution in [2.45, 2.75) is 19.9 Å². The van der Waals surface area contributed by atoms with Crippen molar-refractivity contribution in [1.29, 1.82) is 0 Å². The normalized spacial score (nSPS) is 18.9. The Hall–Kier alpha value is -4.20. The molecule has 3 aromatic rings. The number of likely N-dealkylation sites (tertiary alicyclic amines) is 1. The zero-order valence-electron chi connectivity index (χ0n) is 19.8. The number of nitrogens with zero attached hydrogens (tertiary/aromatic N) is 6. The van der Waals surface area contributed by atoms with Gasteiger partial charge >= 0.3 is 6.09 Å². The van der Waals surface area contributed by atoms with Gasteiger partial charge in [-0.2, -0.15) is 5.10 Å². The van der Waals surface area contributed by atoms with Crippen LogP contribution in [0.1, 0.15) is 24.5 Å². The monoisotopic (exact) mass is 474 g/mol. The molecule has 2 amide bonds. The Bertz CT molecular complexity index is 1350. The standard InChI is InChI=1S/C24H26N8O3/c1-14-6-18(14)23(33)28-20-7-19-17(9-26-22(25-2)21(19)30-29-20)5-4-15-8-27-32(12-15)13-16-10-31(11-16)24(34)35-3/h7-9,12,14,16,18H,6,10-11,13H2,1-3H3,(H,25,26)(H,28,29,33)/t14-,18+/m1/s1. The van der Waals surface area contributed by atoms with Crippen molar-refractivity contribution in [1.82, 2.24) is 29.9 Å². The first-order valence-electron chi connectivity index (χ1n) is 11.5. The largest absolute Gasteiger partial charge is 0.453 e. The fraction of sp³-hybridized carbons (Fsp3) is 0.417. The second kappa shape index (κ2) is 9.21. The molecule has 1 saturated carbocycles. The molecule has 1 aliphatic heterocycles. The van der Waals surface area contributed by atoms with E-state index in [9.17, 15) is 9.59 Å². The Labute approximate surface area is 202 Å². The number of ether oxygens (including phenoxy) is 1. The van der Waals surface area contributed by atoms with Gasteiger partial charge in [-0.25, -0.2) is 9.78 Å². The van der Waals surface area contributed by atoms with E-state index in [2.05, 4.69) is 49.7 Å². The number of carbonyl (C=O) groups is 2. The average Bonchev–Trinajstić information content (AvgIpc) is 3.41. The van der Waals surface area contributed by atoms with Gasteiger partial charge in [-0.15, -0.1) is 10.2 Å². The minimum atomic E-state index is -0.298. The summed E-state index contributed by atoms with van der Waals surface area (Å²) in [5.74, 6) is 8.02. The highest BCUT2D eigenvalue weighted by Crippen LogP contribution is 2.38. The highest BCUT2D eigenvalue weighted by molar-refractivity contribution is 5.97. The highest BCUT2D eigenvalue weighted by atomic mass is 16.5. The van der Waals surface area contributed by atoms with Crippen LogP contribution < -0.4 is 10.6 Å². The van der Waals surface area contributed by atoms with Gasteiger partial charge < -0.3 is 20.3 Å². The molecule has 1 aliphatic carbocycles. The van der Waals surface area contributed by atoms with Gasteiger partial charge in [0.2, 0.25) is 5.91 Å². The van der Waals surface area contributed by atoms with Crippen LogP contribution in [0, 0.1) is 29.6 Å². The topological polar surface area (TPSA) is 127 Å². The van der Waals surface area contributed by atoms with Crippen LogP contribution in [0.4, 0.5) is 16.4 Å². The first kappa shape index (κ1) is 22.6. The minimum Gasteiger partial charge on any atom is -0.453 e. The van der Waals surface area contributed by atoms with E-state index in [-0.39, 0.29) is 17.9 Å². The van der Waals surface area contributed by atoms with Crippen molar-refractivity contribution in [3.63, 3.8) is 0 Å². The van der Waals surface area contributed by atoms with Gasteiger partial charge in [0.05, 0.1) is 24.4 Å². The summed E-state index contributed by atoms with van der Waals surface area (Å²) in [7, 11) is 3.15. The van der Waals surface area contributed by atoms with E-state index in [1.54, 1.807) is 30.4 Å². The van der Waals surface area contributed by atoms with Gasteiger partial charge in [-0.05, 0) is 18.4 Å². The molecule has 0 bridgehead atoms. The fourth-order valence-corrected chi connectivity index (χ4v) is 4.18. The third kappa shape index (κ3) is 4.73. The van der Waals surface area contributed by atoms with Crippen molar-refractivity contribution in [3.8, 4) is 11.8 Å². The lowest BCUT2D eigenvalue weighted by atomic mass is 10.0. The molecule has 2 fully saturated rings. The van der Waals surface area contributed by atoms with Crippen LogP contribution in [-0.2, 0) is 16.1 Å². The second-order valence-electron chi connectivity index (χ2n) is 9.01. The summed E-state index contributed by atoms with van der Waals surface area (Å²) in [5.41, 5.74) is 2.01. The summed E-state index contributed by atoms with van der Waals surface area (Å²) >= 11 is 0. The number of carbonyl (C=O) groups excluding carboxylic acids is 2. The van der Waals surface area contributed by atoms with Gasteiger partial charge in [0.1, 0.15) is 5.52 Å². The maximum Gasteiger partial charge on any atom is 0.409 e. The third-order valence-corrected chi connectivity index (χ3v) is 6.38. The number of fused-ring (bicyclic) bond motifs is 1. The van der Waals surface area contributed by atoms with E-state index >= 15 is 0 Å². The molecule has 2 aliphatic rings. The molecule has 2 N–H and O–H groups in total. The number of rotatable bonds is 5. The number of hydrogen-bond acceptors (Lipinski definition) is 8. The number of anilines is 2. The van der Waals surface area contributed by atoms with Crippen LogP contribution in [0.15, 0.2) is 24.7 Å². The maximum absolute atomic E-state index is 12.3. The molecule has 35 heavy (non-hydrogen) atoms. The number of amides is 2. The summed E-state index contributed by atoms with van der Waals surface area (Å²) < 4.78 is 6.56. The molecule has 0 unspecified atom stereocenters. The first-order valence-corrected chi connectivity index (χ1v) is 11.5. The smallest absolute Gasteiger partial charge is 0.409 e. The maximum atomic E-state index is 12.3. The van der Waals surface area contributed by atoms with Crippen LogP contribution in [-0.4, -0.2) is 69.1 Å². The molecule has 11 heteroatoms. The van der Waals surface area contributed by atoms with E-state index < -0.39 is 0 Å². The average molecular weight is 475 g/mol. The minimum absolute atomic E-state index is 0.0322. The lowest BCUT2D eigenvalue weighted by Crippen LogP contribution is -2.51. The number of methoxy groups -OCH3 is 1. The van der Waals surface area contributed by atoms with Gasteiger partial charge in [0, 0.05) is 56.3 Å². The van der Waals surface area contributed by atoms with Gasteiger partial charge in [0.15, 0.2) is 11.6 Å². The van der Waals surface area contributed by atoms with Gasteiger partial charge in [-0.3, -0.25) is 9.48 Å². The van der Waals surface area contributed by atoms with Crippen molar-refractivity contribution < 1.29 is 14.3 Å². The van der Waals surface area contributed by atoms with Crippen LogP contribution in [0.2, 0.25) is 0 Å². The Balaban J connectivity index is 1.33. The van der Waals surface area contributed by atoms with Crippen LogP contribution >= 0.6 is 0 Å². The van der Waals surface area contributed by atoms with Crippen molar-refractivity contribution in [3.05, 3.63) is 35.8 Å². The van der Waals surface area contributed by atoms with E-state index in [0.717, 1.165) is 17.4 Å². The Morgan fingerprint density at radius 3 is 2.74 bits per heavy atom. The summed E-state index contributed by atoms with van der Waals surface area (Å²) in [6.45, 7) is 4.07.